The lowest BCUT2D eigenvalue weighted by atomic mass is 9.96. The molecule has 0 spiro atoms. The van der Waals surface area contributed by atoms with Crippen LogP contribution in [0.15, 0.2) is 30.3 Å². The van der Waals surface area contributed by atoms with Gasteiger partial charge in [0.2, 0.25) is 0 Å². The van der Waals surface area contributed by atoms with E-state index in [1.807, 2.05) is 0 Å². The average molecular weight is 488 g/mol. The molecule has 2 N–H and O–H groups in total. The fourth-order valence-corrected chi connectivity index (χ4v) is 3.06. The van der Waals surface area contributed by atoms with E-state index < -0.39 is 33.2 Å². The Morgan fingerprint density at radius 1 is 0.800 bits per heavy atom. The molecule has 0 atom stereocenters. The zero-order valence-corrected chi connectivity index (χ0v) is 20.5. The van der Waals surface area contributed by atoms with E-state index in [1.165, 1.54) is 31.2 Å². The number of ether oxygens (including phenoxy) is 2. The van der Waals surface area contributed by atoms with Gasteiger partial charge >= 0.3 is 12.2 Å². The minimum atomic E-state index is -0.866. The molecule has 0 saturated carbocycles. The molecule has 0 radical (unpaired) electrons. The number of rotatable bonds is 5. The van der Waals surface area contributed by atoms with Gasteiger partial charge in [0.15, 0.2) is 0 Å². The summed E-state index contributed by atoms with van der Waals surface area (Å²) in [6.07, 6.45) is -1.69. The van der Waals surface area contributed by atoms with Gasteiger partial charge in [-0.15, -0.1) is 0 Å². The average Bonchev–Trinajstić information content (AvgIpc) is 2.66. The standard InChI is InChI=1S/C23H28N4O8/c1-13-17(10-14(11-19(13)27(32)33)24-20(28)34-22(2,3)4)16-9-8-15(26(30)31)12-18(16)25-21(29)35-23(5,6)7/h8-12H,1-7H3,(H,24,28)(H,25,29). The van der Waals surface area contributed by atoms with Crippen molar-refractivity contribution in [1.82, 2.24) is 0 Å². The maximum Gasteiger partial charge on any atom is 0.412 e. The highest BCUT2D eigenvalue weighted by molar-refractivity contribution is 5.95. The molecule has 35 heavy (non-hydrogen) atoms. The lowest BCUT2D eigenvalue weighted by Gasteiger charge is -2.21. The van der Waals surface area contributed by atoms with E-state index >= 15 is 0 Å². The molecule has 2 amide bonds. The van der Waals surface area contributed by atoms with Crippen molar-refractivity contribution in [2.75, 3.05) is 10.6 Å². The second-order valence-corrected chi connectivity index (χ2v) is 9.67. The number of non-ortho nitro benzene ring substituents is 1. The topological polar surface area (TPSA) is 163 Å². The van der Waals surface area contributed by atoms with Crippen LogP contribution in [-0.2, 0) is 9.47 Å². The van der Waals surface area contributed by atoms with Gasteiger partial charge < -0.3 is 9.47 Å². The highest BCUT2D eigenvalue weighted by Crippen LogP contribution is 2.39. The second kappa shape index (κ2) is 9.95. The van der Waals surface area contributed by atoms with Crippen molar-refractivity contribution in [3.63, 3.8) is 0 Å². The number of carbonyl (C=O) groups excluding carboxylic acids is 2. The number of benzene rings is 2. The summed E-state index contributed by atoms with van der Waals surface area (Å²) in [5.41, 5.74) is -1.48. The van der Waals surface area contributed by atoms with Crippen LogP contribution in [0.5, 0.6) is 0 Å². The molecule has 0 aliphatic rings. The van der Waals surface area contributed by atoms with Crippen molar-refractivity contribution >= 4 is 34.9 Å². The lowest BCUT2D eigenvalue weighted by Crippen LogP contribution is -2.27. The Kier molecular flexibility index (Phi) is 7.69. The van der Waals surface area contributed by atoms with Gasteiger partial charge in [-0.1, -0.05) is 0 Å². The zero-order valence-electron chi connectivity index (χ0n) is 20.5. The number of anilines is 2. The molecule has 0 heterocycles. The first kappa shape index (κ1) is 27.0. The van der Waals surface area contributed by atoms with Gasteiger partial charge in [0.25, 0.3) is 11.4 Å². The molecule has 0 aliphatic carbocycles. The largest absolute Gasteiger partial charge is 0.444 e. The highest BCUT2D eigenvalue weighted by Gasteiger charge is 2.24. The van der Waals surface area contributed by atoms with Gasteiger partial charge in [-0.25, -0.2) is 9.59 Å². The minimum absolute atomic E-state index is 0.000246. The van der Waals surface area contributed by atoms with Crippen molar-refractivity contribution in [3.8, 4) is 11.1 Å². The number of hydrogen-bond donors (Lipinski definition) is 2. The number of nitrogens with zero attached hydrogens (tertiary/aromatic N) is 2. The van der Waals surface area contributed by atoms with Crippen molar-refractivity contribution in [1.29, 1.82) is 0 Å². The third-order valence-corrected chi connectivity index (χ3v) is 4.36. The van der Waals surface area contributed by atoms with E-state index in [0.29, 0.717) is 0 Å². The van der Waals surface area contributed by atoms with Crippen molar-refractivity contribution in [2.45, 2.75) is 59.7 Å². The van der Waals surface area contributed by atoms with Gasteiger partial charge in [-0.05, 0) is 66.2 Å². The number of hydrogen-bond acceptors (Lipinski definition) is 8. The molecule has 0 bridgehead atoms. The van der Waals surface area contributed by atoms with E-state index in [1.54, 1.807) is 41.5 Å². The Labute approximate surface area is 201 Å². The van der Waals surface area contributed by atoms with Crippen LogP contribution in [0, 0.1) is 27.2 Å². The van der Waals surface area contributed by atoms with Crippen LogP contribution in [0.2, 0.25) is 0 Å². The summed E-state index contributed by atoms with van der Waals surface area (Å²) in [5.74, 6) is 0. The summed E-state index contributed by atoms with van der Waals surface area (Å²) in [7, 11) is 0. The molecule has 0 fully saturated rings. The fourth-order valence-electron chi connectivity index (χ4n) is 3.06. The maximum absolute atomic E-state index is 12.4. The van der Waals surface area contributed by atoms with E-state index in [2.05, 4.69) is 10.6 Å². The van der Waals surface area contributed by atoms with Crippen LogP contribution < -0.4 is 10.6 Å². The molecule has 2 aromatic rings. The lowest BCUT2D eigenvalue weighted by molar-refractivity contribution is -0.385. The number of amides is 2. The first-order valence-corrected chi connectivity index (χ1v) is 10.5. The van der Waals surface area contributed by atoms with Crippen LogP contribution >= 0.6 is 0 Å². The third-order valence-electron chi connectivity index (χ3n) is 4.36. The molecular formula is C23H28N4O8. The van der Waals surface area contributed by atoms with Crippen LogP contribution in [0.25, 0.3) is 11.1 Å². The van der Waals surface area contributed by atoms with Crippen LogP contribution in [0.4, 0.5) is 32.3 Å². The fraction of sp³-hybridized carbons (Fsp3) is 0.391. The number of nitro groups is 2. The third kappa shape index (κ3) is 7.66. The first-order valence-electron chi connectivity index (χ1n) is 10.5. The molecular weight excluding hydrogens is 460 g/mol. The van der Waals surface area contributed by atoms with E-state index in [0.717, 1.165) is 6.07 Å². The normalized spacial score (nSPS) is 11.4. The number of carbonyl (C=O) groups is 2. The van der Waals surface area contributed by atoms with E-state index in [4.69, 9.17) is 9.47 Å². The van der Waals surface area contributed by atoms with Crippen molar-refractivity contribution in [2.24, 2.45) is 0 Å². The van der Waals surface area contributed by atoms with Crippen molar-refractivity contribution in [3.05, 3.63) is 56.1 Å². The SMILES string of the molecule is Cc1c(-c2ccc([N+](=O)[O-])cc2NC(=O)OC(C)(C)C)cc(NC(=O)OC(C)(C)C)cc1[N+](=O)[O-]. The second-order valence-electron chi connectivity index (χ2n) is 9.67. The van der Waals surface area contributed by atoms with Crippen LogP contribution in [0.1, 0.15) is 47.1 Å². The predicted molar refractivity (Wildman–Crippen MR) is 130 cm³/mol. The molecule has 0 aliphatic heterocycles. The first-order chi connectivity index (χ1) is 16.0. The van der Waals surface area contributed by atoms with Gasteiger partial charge in [0.05, 0.1) is 21.2 Å². The Bertz CT molecular complexity index is 1180. The van der Waals surface area contributed by atoms with E-state index in [-0.39, 0.29) is 39.4 Å². The van der Waals surface area contributed by atoms with Gasteiger partial charge in [-0.3, -0.25) is 30.9 Å². The Balaban J connectivity index is 2.65. The molecule has 12 heteroatoms. The smallest absolute Gasteiger partial charge is 0.412 e. The molecule has 0 unspecified atom stereocenters. The molecule has 2 rings (SSSR count). The zero-order chi connectivity index (χ0) is 26.7. The summed E-state index contributed by atoms with van der Waals surface area (Å²) in [4.78, 5) is 46.5. The van der Waals surface area contributed by atoms with E-state index in [9.17, 15) is 29.8 Å². The van der Waals surface area contributed by atoms with Gasteiger partial charge in [-0.2, -0.15) is 0 Å². The number of nitrogens with one attached hydrogen (secondary N) is 2. The van der Waals surface area contributed by atoms with Crippen LogP contribution in [-0.4, -0.2) is 33.2 Å². The number of nitro benzene ring substituents is 2. The Morgan fingerprint density at radius 3 is 1.83 bits per heavy atom. The molecule has 12 nitrogen and oxygen atoms in total. The molecule has 188 valence electrons. The summed E-state index contributed by atoms with van der Waals surface area (Å²) < 4.78 is 10.5. The summed E-state index contributed by atoms with van der Waals surface area (Å²) in [5, 5.41) is 28.0. The quantitative estimate of drug-likeness (QED) is 0.372. The molecule has 0 aromatic heterocycles. The van der Waals surface area contributed by atoms with Gasteiger partial charge in [0, 0.05) is 29.3 Å². The van der Waals surface area contributed by atoms with Crippen LogP contribution in [0.3, 0.4) is 0 Å². The monoisotopic (exact) mass is 488 g/mol. The minimum Gasteiger partial charge on any atom is -0.444 e. The Morgan fingerprint density at radius 2 is 1.34 bits per heavy atom. The van der Waals surface area contributed by atoms with Gasteiger partial charge in [0.1, 0.15) is 11.2 Å². The summed E-state index contributed by atoms with van der Waals surface area (Å²) in [6, 6.07) is 6.31. The maximum atomic E-state index is 12.4. The Hall–Kier alpha value is -4.22. The van der Waals surface area contributed by atoms with Crippen molar-refractivity contribution < 1.29 is 28.9 Å². The highest BCUT2D eigenvalue weighted by atomic mass is 16.6. The summed E-state index contributed by atoms with van der Waals surface area (Å²) in [6.45, 7) is 11.5. The molecule has 0 saturated heterocycles. The molecule has 2 aromatic carbocycles. The summed E-state index contributed by atoms with van der Waals surface area (Å²) >= 11 is 0. The predicted octanol–water partition coefficient (Wildman–Crippen LogP) is 6.17.